The number of hydrogen-bond acceptors (Lipinski definition) is 3. The second-order valence-electron chi connectivity index (χ2n) is 4.82. The Morgan fingerprint density at radius 2 is 2.28 bits per heavy atom. The number of benzene rings is 1. The van der Waals surface area contributed by atoms with E-state index in [4.69, 9.17) is 10.5 Å². The molecule has 0 aliphatic carbocycles. The molecule has 2 N–H and O–H groups in total. The van der Waals surface area contributed by atoms with E-state index >= 15 is 0 Å². The molecule has 1 heterocycles. The first-order valence-electron chi connectivity index (χ1n) is 6.50. The summed E-state index contributed by atoms with van der Waals surface area (Å²) in [4.78, 5) is 2.47. The molecule has 1 saturated heterocycles. The molecule has 2 rings (SSSR count). The van der Waals surface area contributed by atoms with E-state index in [0.717, 1.165) is 36.2 Å². The second-order valence-corrected chi connectivity index (χ2v) is 5.74. The highest BCUT2D eigenvalue weighted by Crippen LogP contribution is 2.37. The lowest BCUT2D eigenvalue weighted by Crippen LogP contribution is -2.32. The van der Waals surface area contributed by atoms with E-state index in [9.17, 15) is 0 Å². The zero-order valence-corrected chi connectivity index (χ0v) is 12.6. The first kappa shape index (κ1) is 13.8. The van der Waals surface area contributed by atoms with Crippen molar-refractivity contribution in [1.82, 2.24) is 4.90 Å². The maximum atomic E-state index is 6.29. The van der Waals surface area contributed by atoms with Gasteiger partial charge in [0.15, 0.2) is 0 Å². The number of ether oxygens (including phenoxy) is 1. The third kappa shape index (κ3) is 2.71. The summed E-state index contributed by atoms with van der Waals surface area (Å²) in [6.45, 7) is 4.38. The van der Waals surface area contributed by atoms with Gasteiger partial charge >= 0.3 is 0 Å². The van der Waals surface area contributed by atoms with Gasteiger partial charge in [-0.3, -0.25) is 4.90 Å². The molecule has 3 nitrogen and oxygen atoms in total. The molecule has 1 aromatic rings. The van der Waals surface area contributed by atoms with Crippen LogP contribution in [0.25, 0.3) is 0 Å². The number of methoxy groups -OCH3 is 1. The Labute approximate surface area is 117 Å². The molecule has 1 fully saturated rings. The Morgan fingerprint density at radius 3 is 2.94 bits per heavy atom. The van der Waals surface area contributed by atoms with Gasteiger partial charge in [0.05, 0.1) is 13.2 Å². The lowest BCUT2D eigenvalue weighted by atomic mass is 9.99. The van der Waals surface area contributed by atoms with Gasteiger partial charge in [-0.15, -0.1) is 0 Å². The summed E-state index contributed by atoms with van der Waals surface area (Å²) in [6.07, 6.45) is 2.21. The lowest BCUT2D eigenvalue weighted by molar-refractivity contribution is 0.242. The van der Waals surface area contributed by atoms with E-state index in [1.54, 1.807) is 7.11 Å². The molecule has 4 heteroatoms. The van der Waals surface area contributed by atoms with Gasteiger partial charge in [-0.1, -0.05) is 22.9 Å². The molecule has 0 saturated carbocycles. The number of nitrogens with two attached hydrogens (primary N) is 1. The monoisotopic (exact) mass is 312 g/mol. The van der Waals surface area contributed by atoms with Crippen LogP contribution < -0.4 is 10.5 Å². The van der Waals surface area contributed by atoms with E-state index in [1.165, 1.54) is 5.56 Å². The van der Waals surface area contributed by atoms with E-state index in [2.05, 4.69) is 33.8 Å². The smallest absolute Gasteiger partial charge is 0.123 e. The summed E-state index contributed by atoms with van der Waals surface area (Å²) in [5.74, 6) is 0.932. The maximum Gasteiger partial charge on any atom is 0.123 e. The standard InChI is InChI=1S/C14H21BrN2O/c1-3-7-17-8-6-12(16)14(17)11-9-10(15)4-5-13(11)18-2/h4-5,9,12,14H,3,6-8,16H2,1-2H3. The highest BCUT2D eigenvalue weighted by molar-refractivity contribution is 9.10. The molecule has 2 unspecified atom stereocenters. The number of nitrogens with zero attached hydrogens (tertiary/aromatic N) is 1. The van der Waals surface area contributed by atoms with Crippen LogP contribution in [0.3, 0.4) is 0 Å². The molecule has 0 bridgehead atoms. The SMILES string of the molecule is CCCN1CCC(N)C1c1cc(Br)ccc1OC. The molecule has 0 radical (unpaired) electrons. The molecule has 0 spiro atoms. The van der Waals surface area contributed by atoms with Gasteiger partial charge in [0.2, 0.25) is 0 Å². The van der Waals surface area contributed by atoms with E-state index in [0.29, 0.717) is 0 Å². The summed E-state index contributed by atoms with van der Waals surface area (Å²) in [5, 5.41) is 0. The molecule has 1 aliphatic rings. The quantitative estimate of drug-likeness (QED) is 0.929. The highest BCUT2D eigenvalue weighted by atomic mass is 79.9. The van der Waals surface area contributed by atoms with Crippen LogP contribution in [0.4, 0.5) is 0 Å². The number of hydrogen-bond donors (Lipinski definition) is 1. The van der Waals surface area contributed by atoms with Crippen LogP contribution in [0.15, 0.2) is 22.7 Å². The van der Waals surface area contributed by atoms with Crippen molar-refractivity contribution < 1.29 is 4.74 Å². The van der Waals surface area contributed by atoms with Crippen molar-refractivity contribution in [2.75, 3.05) is 20.2 Å². The van der Waals surface area contributed by atoms with Crippen LogP contribution in [0.1, 0.15) is 31.4 Å². The Bertz CT molecular complexity index is 409. The Morgan fingerprint density at radius 1 is 1.50 bits per heavy atom. The van der Waals surface area contributed by atoms with Crippen molar-refractivity contribution in [3.05, 3.63) is 28.2 Å². The van der Waals surface area contributed by atoms with Gasteiger partial charge in [0.1, 0.15) is 5.75 Å². The fourth-order valence-electron chi connectivity index (χ4n) is 2.78. The Hall–Kier alpha value is -0.580. The largest absolute Gasteiger partial charge is 0.496 e. The summed E-state index contributed by atoms with van der Waals surface area (Å²) in [7, 11) is 1.72. The topological polar surface area (TPSA) is 38.5 Å². The predicted octanol–water partition coefficient (Wildman–Crippen LogP) is 2.94. The minimum Gasteiger partial charge on any atom is -0.496 e. The third-order valence-electron chi connectivity index (χ3n) is 3.57. The summed E-state index contributed by atoms with van der Waals surface area (Å²) >= 11 is 3.54. The average Bonchev–Trinajstić information content (AvgIpc) is 2.71. The number of rotatable bonds is 4. The van der Waals surface area contributed by atoms with Crippen molar-refractivity contribution in [2.45, 2.75) is 31.8 Å². The normalized spacial score (nSPS) is 24.4. The van der Waals surface area contributed by atoms with Crippen LogP contribution in [-0.4, -0.2) is 31.1 Å². The summed E-state index contributed by atoms with van der Waals surface area (Å²) in [6, 6.07) is 6.62. The van der Waals surface area contributed by atoms with Crippen LogP contribution in [0.5, 0.6) is 5.75 Å². The fourth-order valence-corrected chi connectivity index (χ4v) is 3.16. The molecule has 2 atom stereocenters. The first-order valence-corrected chi connectivity index (χ1v) is 7.29. The number of likely N-dealkylation sites (tertiary alicyclic amines) is 1. The van der Waals surface area contributed by atoms with Gasteiger partial charge in [-0.25, -0.2) is 0 Å². The molecule has 1 aromatic carbocycles. The van der Waals surface area contributed by atoms with Crippen molar-refractivity contribution in [2.24, 2.45) is 5.73 Å². The molecule has 100 valence electrons. The lowest BCUT2D eigenvalue weighted by Gasteiger charge is -2.28. The van der Waals surface area contributed by atoms with Crippen LogP contribution in [0.2, 0.25) is 0 Å². The van der Waals surface area contributed by atoms with Gasteiger partial charge in [0, 0.05) is 22.6 Å². The van der Waals surface area contributed by atoms with E-state index < -0.39 is 0 Å². The van der Waals surface area contributed by atoms with Gasteiger partial charge < -0.3 is 10.5 Å². The molecular formula is C14H21BrN2O. The Balaban J connectivity index is 2.35. The Kier molecular flexibility index (Phi) is 4.65. The molecule has 0 aromatic heterocycles. The van der Waals surface area contributed by atoms with Crippen LogP contribution >= 0.6 is 15.9 Å². The van der Waals surface area contributed by atoms with Gasteiger partial charge in [-0.2, -0.15) is 0 Å². The maximum absolute atomic E-state index is 6.29. The summed E-state index contributed by atoms with van der Waals surface area (Å²) < 4.78 is 6.56. The highest BCUT2D eigenvalue weighted by Gasteiger charge is 2.34. The average molecular weight is 313 g/mol. The zero-order valence-electron chi connectivity index (χ0n) is 11.0. The van der Waals surface area contributed by atoms with Crippen molar-refractivity contribution in [1.29, 1.82) is 0 Å². The van der Waals surface area contributed by atoms with Crippen LogP contribution in [-0.2, 0) is 0 Å². The van der Waals surface area contributed by atoms with Crippen molar-refractivity contribution >= 4 is 15.9 Å². The minimum absolute atomic E-state index is 0.194. The minimum atomic E-state index is 0.194. The van der Waals surface area contributed by atoms with E-state index in [1.807, 2.05) is 12.1 Å². The predicted molar refractivity (Wildman–Crippen MR) is 77.9 cm³/mol. The van der Waals surface area contributed by atoms with Crippen LogP contribution in [0, 0.1) is 0 Å². The van der Waals surface area contributed by atoms with Gasteiger partial charge in [-0.05, 0) is 37.6 Å². The zero-order chi connectivity index (χ0) is 13.1. The van der Waals surface area contributed by atoms with E-state index in [-0.39, 0.29) is 12.1 Å². The third-order valence-corrected chi connectivity index (χ3v) is 4.06. The molecule has 0 amide bonds. The second kappa shape index (κ2) is 6.04. The summed E-state index contributed by atoms with van der Waals surface area (Å²) in [5.41, 5.74) is 7.49. The van der Waals surface area contributed by atoms with Crippen molar-refractivity contribution in [3.8, 4) is 5.75 Å². The number of halogens is 1. The molecule has 18 heavy (non-hydrogen) atoms. The van der Waals surface area contributed by atoms with Crippen molar-refractivity contribution in [3.63, 3.8) is 0 Å². The fraction of sp³-hybridized carbons (Fsp3) is 0.571. The molecular weight excluding hydrogens is 292 g/mol. The first-order chi connectivity index (χ1) is 8.67. The van der Waals surface area contributed by atoms with Gasteiger partial charge in [0.25, 0.3) is 0 Å². The molecule has 1 aliphatic heterocycles.